The van der Waals surface area contributed by atoms with Crippen molar-refractivity contribution in [2.75, 3.05) is 13.2 Å². The van der Waals surface area contributed by atoms with Crippen molar-refractivity contribution in [3.05, 3.63) is 29.8 Å². The molecule has 0 N–H and O–H groups in total. The number of halogens is 2. The first-order valence-electron chi connectivity index (χ1n) is 4.96. The maximum Gasteiger partial charge on any atom is 0.200 e. The second kappa shape index (κ2) is 4.57. The van der Waals surface area contributed by atoms with Gasteiger partial charge in [0.25, 0.3) is 0 Å². The van der Waals surface area contributed by atoms with Crippen molar-refractivity contribution in [3.8, 4) is 5.75 Å². The summed E-state index contributed by atoms with van der Waals surface area (Å²) in [6.07, 6.45) is 1.36. The van der Waals surface area contributed by atoms with Crippen molar-refractivity contribution in [1.82, 2.24) is 0 Å². The molecule has 1 aromatic rings. The quantitative estimate of drug-likeness (QED) is 0.753. The van der Waals surface area contributed by atoms with Gasteiger partial charge < -0.3 is 9.47 Å². The highest BCUT2D eigenvalue weighted by molar-refractivity contribution is 5.25. The highest BCUT2D eigenvalue weighted by Gasteiger charge is 2.18. The van der Waals surface area contributed by atoms with Gasteiger partial charge in [-0.1, -0.05) is 6.07 Å². The first kappa shape index (κ1) is 10.4. The Bertz CT molecular complexity index is 335. The van der Waals surface area contributed by atoms with Crippen LogP contribution in [-0.2, 0) is 4.74 Å². The van der Waals surface area contributed by atoms with Gasteiger partial charge in [0.05, 0.1) is 13.2 Å². The smallest absolute Gasteiger partial charge is 0.200 e. The van der Waals surface area contributed by atoms with Gasteiger partial charge in [-0.3, -0.25) is 0 Å². The van der Waals surface area contributed by atoms with Gasteiger partial charge in [0, 0.05) is 12.8 Å². The Morgan fingerprint density at radius 3 is 2.67 bits per heavy atom. The first-order valence-corrected chi connectivity index (χ1v) is 4.96. The third-order valence-corrected chi connectivity index (χ3v) is 2.38. The number of ether oxygens (including phenoxy) is 2. The third-order valence-electron chi connectivity index (χ3n) is 2.38. The average molecular weight is 214 g/mol. The van der Waals surface area contributed by atoms with Gasteiger partial charge in [0.15, 0.2) is 11.6 Å². The van der Waals surface area contributed by atoms with Crippen molar-refractivity contribution < 1.29 is 18.3 Å². The zero-order valence-electron chi connectivity index (χ0n) is 8.21. The number of benzene rings is 1. The lowest BCUT2D eigenvalue weighted by Gasteiger charge is -2.23. The van der Waals surface area contributed by atoms with Gasteiger partial charge in [-0.2, -0.15) is 4.39 Å². The van der Waals surface area contributed by atoms with Crippen LogP contribution in [0.3, 0.4) is 0 Å². The average Bonchev–Trinajstić information content (AvgIpc) is 2.26. The Morgan fingerprint density at radius 2 is 1.93 bits per heavy atom. The van der Waals surface area contributed by atoms with E-state index >= 15 is 0 Å². The van der Waals surface area contributed by atoms with E-state index in [0.29, 0.717) is 13.2 Å². The van der Waals surface area contributed by atoms with Crippen LogP contribution < -0.4 is 4.74 Å². The first-order chi connectivity index (χ1) is 7.27. The molecule has 15 heavy (non-hydrogen) atoms. The Balaban J connectivity index is 2.06. The van der Waals surface area contributed by atoms with Crippen LogP contribution in [0.1, 0.15) is 12.8 Å². The minimum Gasteiger partial charge on any atom is -0.487 e. The summed E-state index contributed by atoms with van der Waals surface area (Å²) in [6.45, 7) is 1.23. The van der Waals surface area contributed by atoms with Gasteiger partial charge in [0.2, 0.25) is 5.82 Å². The second-order valence-electron chi connectivity index (χ2n) is 3.48. The lowest BCUT2D eigenvalue weighted by Crippen LogP contribution is -2.26. The Morgan fingerprint density at radius 1 is 1.20 bits per heavy atom. The second-order valence-corrected chi connectivity index (χ2v) is 3.48. The number of hydrogen-bond donors (Lipinski definition) is 0. The van der Waals surface area contributed by atoms with Crippen molar-refractivity contribution in [3.63, 3.8) is 0 Å². The molecular formula is C11H12F2O2. The zero-order valence-corrected chi connectivity index (χ0v) is 8.21. The van der Waals surface area contributed by atoms with Crippen LogP contribution in [0, 0.1) is 11.6 Å². The lowest BCUT2D eigenvalue weighted by molar-refractivity contribution is 0.0237. The number of rotatable bonds is 2. The van der Waals surface area contributed by atoms with Crippen molar-refractivity contribution in [2.45, 2.75) is 18.9 Å². The van der Waals surface area contributed by atoms with Crippen LogP contribution in [0.15, 0.2) is 18.2 Å². The molecule has 1 fully saturated rings. The molecule has 2 nitrogen and oxygen atoms in total. The third kappa shape index (κ3) is 2.45. The summed E-state index contributed by atoms with van der Waals surface area (Å²) in [5.41, 5.74) is 0. The van der Waals surface area contributed by atoms with Crippen LogP contribution >= 0.6 is 0 Å². The van der Waals surface area contributed by atoms with E-state index in [-0.39, 0.29) is 11.9 Å². The molecule has 0 bridgehead atoms. The summed E-state index contributed by atoms with van der Waals surface area (Å²) < 4.78 is 36.6. The molecule has 0 spiro atoms. The maximum atomic E-state index is 13.2. The van der Waals surface area contributed by atoms with E-state index in [2.05, 4.69) is 0 Å². The van der Waals surface area contributed by atoms with E-state index in [0.717, 1.165) is 18.9 Å². The highest BCUT2D eigenvalue weighted by Crippen LogP contribution is 2.22. The molecule has 1 saturated heterocycles. The molecule has 0 atom stereocenters. The SMILES string of the molecule is Fc1cccc(OC2CCOCC2)c1F. The van der Waals surface area contributed by atoms with E-state index in [1.54, 1.807) is 0 Å². The molecular weight excluding hydrogens is 202 g/mol. The molecule has 1 aliphatic heterocycles. The largest absolute Gasteiger partial charge is 0.487 e. The molecule has 0 saturated carbocycles. The molecule has 1 aromatic carbocycles. The minimum absolute atomic E-state index is 0.0121. The Labute approximate surface area is 86.8 Å². The van der Waals surface area contributed by atoms with Gasteiger partial charge in [0.1, 0.15) is 6.10 Å². The fourth-order valence-corrected chi connectivity index (χ4v) is 1.55. The molecule has 1 aliphatic rings. The molecule has 1 heterocycles. The summed E-state index contributed by atoms with van der Waals surface area (Å²) in [7, 11) is 0. The van der Waals surface area contributed by atoms with Crippen LogP contribution in [0.4, 0.5) is 8.78 Å². The molecule has 4 heteroatoms. The van der Waals surface area contributed by atoms with E-state index in [1.165, 1.54) is 12.1 Å². The standard InChI is InChI=1S/C11H12F2O2/c12-9-2-1-3-10(11(9)13)15-8-4-6-14-7-5-8/h1-3,8H,4-7H2. The molecule has 2 rings (SSSR count). The van der Waals surface area contributed by atoms with Crippen molar-refractivity contribution >= 4 is 0 Å². The summed E-state index contributed by atoms with van der Waals surface area (Å²) in [4.78, 5) is 0. The minimum atomic E-state index is -0.913. The zero-order chi connectivity index (χ0) is 10.7. The van der Waals surface area contributed by atoms with E-state index in [9.17, 15) is 8.78 Å². The fraction of sp³-hybridized carbons (Fsp3) is 0.455. The lowest BCUT2D eigenvalue weighted by atomic mass is 10.1. The topological polar surface area (TPSA) is 18.5 Å². The van der Waals surface area contributed by atoms with E-state index in [4.69, 9.17) is 9.47 Å². The molecule has 0 unspecified atom stereocenters. The van der Waals surface area contributed by atoms with Crippen molar-refractivity contribution in [2.24, 2.45) is 0 Å². The predicted octanol–water partition coefficient (Wildman–Crippen LogP) is 2.52. The van der Waals surface area contributed by atoms with Gasteiger partial charge in [-0.05, 0) is 12.1 Å². The van der Waals surface area contributed by atoms with Gasteiger partial charge in [-0.15, -0.1) is 0 Å². The molecule has 0 aromatic heterocycles. The van der Waals surface area contributed by atoms with Crippen LogP contribution in [0.25, 0.3) is 0 Å². The molecule has 82 valence electrons. The van der Waals surface area contributed by atoms with Gasteiger partial charge in [-0.25, -0.2) is 4.39 Å². The summed E-state index contributed by atoms with van der Waals surface area (Å²) in [5.74, 6) is -1.80. The van der Waals surface area contributed by atoms with E-state index in [1.807, 2.05) is 0 Å². The van der Waals surface area contributed by atoms with Crippen LogP contribution in [-0.4, -0.2) is 19.3 Å². The monoisotopic (exact) mass is 214 g/mol. The summed E-state index contributed by atoms with van der Waals surface area (Å²) >= 11 is 0. The molecule has 0 amide bonds. The summed E-state index contributed by atoms with van der Waals surface area (Å²) in [6, 6.07) is 3.95. The maximum absolute atomic E-state index is 13.2. The van der Waals surface area contributed by atoms with Gasteiger partial charge >= 0.3 is 0 Å². The summed E-state index contributed by atoms with van der Waals surface area (Å²) in [5, 5.41) is 0. The number of hydrogen-bond acceptors (Lipinski definition) is 2. The van der Waals surface area contributed by atoms with Crippen LogP contribution in [0.5, 0.6) is 5.75 Å². The highest BCUT2D eigenvalue weighted by atomic mass is 19.2. The Kier molecular flexibility index (Phi) is 3.16. The van der Waals surface area contributed by atoms with Crippen LogP contribution in [0.2, 0.25) is 0 Å². The van der Waals surface area contributed by atoms with Crippen molar-refractivity contribution in [1.29, 1.82) is 0 Å². The molecule has 0 radical (unpaired) electrons. The molecule has 0 aliphatic carbocycles. The Hall–Kier alpha value is -1.16. The van der Waals surface area contributed by atoms with E-state index < -0.39 is 11.6 Å². The normalized spacial score (nSPS) is 17.7. The predicted molar refractivity (Wildman–Crippen MR) is 50.8 cm³/mol. The fourth-order valence-electron chi connectivity index (χ4n) is 1.55.